The molecule has 21 heavy (non-hydrogen) atoms. The zero-order chi connectivity index (χ0) is 15.6. The van der Waals surface area contributed by atoms with Gasteiger partial charge in [0.05, 0.1) is 5.25 Å². The van der Waals surface area contributed by atoms with E-state index in [1.807, 2.05) is 13.8 Å². The van der Waals surface area contributed by atoms with Crippen molar-refractivity contribution in [1.29, 1.82) is 0 Å². The standard InChI is InChI=1S/C14H22ClN3O2S/c1-4-12-17-13(15)9(2)14(18-12)16-10-6-5-7-11(8-10)21(3,19)20/h10-11H,4-8H2,1-3H3,(H,16,17,18). The van der Waals surface area contributed by atoms with Gasteiger partial charge in [-0.05, 0) is 26.2 Å². The lowest BCUT2D eigenvalue weighted by atomic mass is 9.95. The minimum absolute atomic E-state index is 0.118. The molecule has 7 heteroatoms. The number of aromatic nitrogens is 2. The minimum atomic E-state index is -2.98. The molecule has 1 aromatic heterocycles. The van der Waals surface area contributed by atoms with Gasteiger partial charge in [0.15, 0.2) is 0 Å². The summed E-state index contributed by atoms with van der Waals surface area (Å²) in [5.74, 6) is 1.43. The molecule has 0 spiro atoms. The predicted octanol–water partition coefficient (Wildman–Crippen LogP) is 2.77. The summed E-state index contributed by atoms with van der Waals surface area (Å²) in [6.07, 6.45) is 5.28. The van der Waals surface area contributed by atoms with Crippen LogP contribution in [0, 0.1) is 6.92 Å². The Morgan fingerprint density at radius 2 is 2.05 bits per heavy atom. The maximum absolute atomic E-state index is 11.7. The van der Waals surface area contributed by atoms with Crippen LogP contribution >= 0.6 is 11.6 Å². The average molecular weight is 332 g/mol. The summed E-state index contributed by atoms with van der Waals surface area (Å²) in [5, 5.41) is 3.57. The van der Waals surface area contributed by atoms with Crippen molar-refractivity contribution in [3.63, 3.8) is 0 Å². The van der Waals surface area contributed by atoms with Gasteiger partial charge in [0.1, 0.15) is 26.6 Å². The molecule has 1 N–H and O–H groups in total. The minimum Gasteiger partial charge on any atom is -0.367 e. The number of rotatable bonds is 4. The highest BCUT2D eigenvalue weighted by Crippen LogP contribution is 2.28. The number of nitrogens with zero attached hydrogens (tertiary/aromatic N) is 2. The van der Waals surface area contributed by atoms with Crippen molar-refractivity contribution >= 4 is 27.3 Å². The molecule has 0 bridgehead atoms. The van der Waals surface area contributed by atoms with E-state index < -0.39 is 9.84 Å². The van der Waals surface area contributed by atoms with E-state index in [4.69, 9.17) is 11.6 Å². The molecule has 1 aliphatic rings. The first-order valence-corrected chi connectivity index (χ1v) is 9.63. The molecular formula is C14H22ClN3O2S. The first-order valence-electron chi connectivity index (χ1n) is 7.29. The summed E-state index contributed by atoms with van der Waals surface area (Å²) < 4.78 is 23.5. The lowest BCUT2D eigenvalue weighted by Crippen LogP contribution is -2.34. The normalized spacial score (nSPS) is 23.0. The fraction of sp³-hybridized carbons (Fsp3) is 0.714. The quantitative estimate of drug-likeness (QED) is 0.859. The van der Waals surface area contributed by atoms with E-state index in [0.717, 1.165) is 30.6 Å². The van der Waals surface area contributed by atoms with Gasteiger partial charge in [-0.15, -0.1) is 0 Å². The highest BCUT2D eigenvalue weighted by molar-refractivity contribution is 7.91. The highest BCUT2D eigenvalue weighted by Gasteiger charge is 2.29. The maximum Gasteiger partial charge on any atom is 0.150 e. The molecule has 118 valence electrons. The van der Waals surface area contributed by atoms with Gasteiger partial charge in [0.2, 0.25) is 0 Å². The zero-order valence-corrected chi connectivity index (χ0v) is 14.3. The van der Waals surface area contributed by atoms with Crippen LogP contribution in [0.2, 0.25) is 5.15 Å². The predicted molar refractivity (Wildman–Crippen MR) is 85.7 cm³/mol. The van der Waals surface area contributed by atoms with Gasteiger partial charge in [0.25, 0.3) is 0 Å². The fourth-order valence-corrected chi connectivity index (χ4v) is 4.05. The van der Waals surface area contributed by atoms with E-state index in [9.17, 15) is 8.42 Å². The third kappa shape index (κ3) is 4.07. The Kier molecular flexibility index (Phi) is 5.09. The lowest BCUT2D eigenvalue weighted by molar-refractivity contribution is 0.452. The summed E-state index contributed by atoms with van der Waals surface area (Å²) in [6, 6.07) is 0.118. The molecule has 0 aromatic carbocycles. The van der Waals surface area contributed by atoms with Crippen molar-refractivity contribution in [3.05, 3.63) is 16.5 Å². The number of anilines is 1. The van der Waals surface area contributed by atoms with E-state index in [-0.39, 0.29) is 11.3 Å². The van der Waals surface area contributed by atoms with E-state index >= 15 is 0 Å². The smallest absolute Gasteiger partial charge is 0.150 e. The number of hydrogen-bond donors (Lipinski definition) is 1. The van der Waals surface area contributed by atoms with E-state index in [1.54, 1.807) is 0 Å². The Hall–Kier alpha value is -0.880. The van der Waals surface area contributed by atoms with Crippen LogP contribution in [0.5, 0.6) is 0 Å². The molecule has 1 aromatic rings. The molecule has 2 unspecified atom stereocenters. The second-order valence-corrected chi connectivity index (χ2v) is 8.40. The number of sulfone groups is 1. The molecule has 1 aliphatic carbocycles. The Bertz CT molecular complexity index is 619. The van der Waals surface area contributed by atoms with Crippen LogP contribution in [-0.2, 0) is 16.3 Å². The summed E-state index contributed by atoms with van der Waals surface area (Å²) in [6.45, 7) is 3.85. The highest BCUT2D eigenvalue weighted by atomic mass is 35.5. The topological polar surface area (TPSA) is 72.0 Å². The Morgan fingerprint density at radius 1 is 1.33 bits per heavy atom. The van der Waals surface area contributed by atoms with Crippen molar-refractivity contribution in [2.75, 3.05) is 11.6 Å². The van der Waals surface area contributed by atoms with Crippen LogP contribution < -0.4 is 5.32 Å². The molecule has 2 rings (SSSR count). The van der Waals surface area contributed by atoms with Gasteiger partial charge < -0.3 is 5.32 Å². The van der Waals surface area contributed by atoms with Crippen LogP contribution in [0.25, 0.3) is 0 Å². The lowest BCUT2D eigenvalue weighted by Gasteiger charge is -2.29. The molecule has 0 saturated heterocycles. The molecule has 1 saturated carbocycles. The van der Waals surface area contributed by atoms with Gasteiger partial charge in [-0.3, -0.25) is 0 Å². The van der Waals surface area contributed by atoms with Crippen LogP contribution in [0.3, 0.4) is 0 Å². The van der Waals surface area contributed by atoms with E-state index in [1.165, 1.54) is 6.26 Å². The molecule has 2 atom stereocenters. The molecule has 0 radical (unpaired) electrons. The number of hydrogen-bond acceptors (Lipinski definition) is 5. The number of halogens is 1. The molecule has 5 nitrogen and oxygen atoms in total. The van der Waals surface area contributed by atoms with E-state index in [2.05, 4.69) is 15.3 Å². The molecule has 1 heterocycles. The zero-order valence-electron chi connectivity index (χ0n) is 12.7. The van der Waals surface area contributed by atoms with Gasteiger partial charge in [-0.1, -0.05) is 24.9 Å². The molecular weight excluding hydrogens is 310 g/mol. The largest absolute Gasteiger partial charge is 0.367 e. The van der Waals surface area contributed by atoms with Crippen LogP contribution in [-0.4, -0.2) is 35.9 Å². The Labute approximate surface area is 131 Å². The number of aryl methyl sites for hydroxylation is 1. The Morgan fingerprint density at radius 3 is 2.67 bits per heavy atom. The summed E-state index contributed by atoms with van der Waals surface area (Å²) >= 11 is 6.13. The second kappa shape index (κ2) is 6.48. The van der Waals surface area contributed by atoms with Gasteiger partial charge in [-0.25, -0.2) is 18.4 Å². The van der Waals surface area contributed by atoms with Gasteiger partial charge in [-0.2, -0.15) is 0 Å². The van der Waals surface area contributed by atoms with Crippen LogP contribution in [0.15, 0.2) is 0 Å². The fourth-order valence-electron chi connectivity index (χ4n) is 2.69. The second-order valence-electron chi connectivity index (χ2n) is 5.72. The van der Waals surface area contributed by atoms with Crippen molar-refractivity contribution in [2.45, 2.75) is 57.2 Å². The van der Waals surface area contributed by atoms with Gasteiger partial charge in [0, 0.05) is 24.3 Å². The molecule has 0 aliphatic heterocycles. The monoisotopic (exact) mass is 331 g/mol. The molecule has 1 fully saturated rings. The van der Waals surface area contributed by atoms with E-state index in [0.29, 0.717) is 23.8 Å². The summed E-state index contributed by atoms with van der Waals surface area (Å²) in [5.41, 5.74) is 0.815. The van der Waals surface area contributed by atoms with Crippen LogP contribution in [0.4, 0.5) is 5.82 Å². The van der Waals surface area contributed by atoms with Crippen molar-refractivity contribution < 1.29 is 8.42 Å². The average Bonchev–Trinajstić information content (AvgIpc) is 2.43. The van der Waals surface area contributed by atoms with Gasteiger partial charge >= 0.3 is 0 Å². The maximum atomic E-state index is 11.7. The number of nitrogens with one attached hydrogen (secondary N) is 1. The Balaban J connectivity index is 2.16. The third-order valence-electron chi connectivity index (χ3n) is 4.02. The van der Waals surface area contributed by atoms with Crippen molar-refractivity contribution in [2.24, 2.45) is 0 Å². The summed E-state index contributed by atoms with van der Waals surface area (Å²) in [7, 11) is -2.98. The van der Waals surface area contributed by atoms with Crippen molar-refractivity contribution in [3.8, 4) is 0 Å². The first-order chi connectivity index (χ1) is 9.81. The van der Waals surface area contributed by atoms with Crippen LogP contribution in [0.1, 0.15) is 44.0 Å². The van der Waals surface area contributed by atoms with Crippen molar-refractivity contribution in [1.82, 2.24) is 9.97 Å². The first kappa shape index (κ1) is 16.5. The third-order valence-corrected chi connectivity index (χ3v) is 6.03. The summed E-state index contributed by atoms with van der Waals surface area (Å²) in [4.78, 5) is 8.69. The SMILES string of the molecule is CCc1nc(Cl)c(C)c(NC2CCCC(S(C)(=O)=O)C2)n1. The molecule has 0 amide bonds.